The number of rotatable bonds is 3. The Balaban J connectivity index is 1.57. The van der Waals surface area contributed by atoms with Crippen molar-refractivity contribution >= 4 is 0 Å². The van der Waals surface area contributed by atoms with Crippen molar-refractivity contribution in [2.75, 3.05) is 32.9 Å². The second kappa shape index (κ2) is 3.52. The van der Waals surface area contributed by atoms with Gasteiger partial charge in [0.2, 0.25) is 0 Å². The zero-order valence-electron chi connectivity index (χ0n) is 6.71. The molecule has 2 heterocycles. The first-order valence-corrected chi connectivity index (χ1v) is 4.35. The summed E-state index contributed by atoms with van der Waals surface area (Å²) in [4.78, 5) is 0. The monoisotopic (exact) mass is 157 g/mol. The molecule has 0 aliphatic carbocycles. The summed E-state index contributed by atoms with van der Waals surface area (Å²) in [5, 5.41) is 3.18. The van der Waals surface area contributed by atoms with Gasteiger partial charge in [-0.1, -0.05) is 0 Å². The summed E-state index contributed by atoms with van der Waals surface area (Å²) in [6.07, 6.45) is 1.66. The van der Waals surface area contributed by atoms with E-state index >= 15 is 0 Å². The lowest BCUT2D eigenvalue weighted by molar-refractivity contribution is -0.00216. The van der Waals surface area contributed by atoms with Crippen LogP contribution in [0.4, 0.5) is 0 Å². The first kappa shape index (κ1) is 7.53. The van der Waals surface area contributed by atoms with Crippen LogP contribution in [-0.4, -0.2) is 39.0 Å². The van der Waals surface area contributed by atoms with Crippen LogP contribution in [0.25, 0.3) is 0 Å². The average Bonchev–Trinajstić information content (AvgIpc) is 2.36. The van der Waals surface area contributed by atoms with Crippen molar-refractivity contribution in [1.82, 2.24) is 5.32 Å². The SMILES string of the molecule is C1C[C@H](COC2CNC2)CO1. The van der Waals surface area contributed by atoms with Gasteiger partial charge in [0.05, 0.1) is 19.3 Å². The minimum atomic E-state index is 0.482. The van der Waals surface area contributed by atoms with Gasteiger partial charge in [-0.3, -0.25) is 0 Å². The Kier molecular flexibility index (Phi) is 2.41. The molecular formula is C8H15NO2. The van der Waals surface area contributed by atoms with Gasteiger partial charge in [-0.05, 0) is 6.42 Å². The second-order valence-corrected chi connectivity index (χ2v) is 3.34. The Morgan fingerprint density at radius 2 is 2.36 bits per heavy atom. The number of hydrogen-bond donors (Lipinski definition) is 1. The smallest absolute Gasteiger partial charge is 0.0823 e. The van der Waals surface area contributed by atoms with Gasteiger partial charge in [0.15, 0.2) is 0 Å². The highest BCUT2D eigenvalue weighted by atomic mass is 16.5. The highest BCUT2D eigenvalue weighted by Crippen LogP contribution is 2.13. The predicted octanol–water partition coefficient (Wildman–Crippen LogP) is 0.0113. The third kappa shape index (κ3) is 1.92. The van der Waals surface area contributed by atoms with E-state index in [-0.39, 0.29) is 0 Å². The molecule has 0 aromatic carbocycles. The Labute approximate surface area is 67.1 Å². The standard InChI is InChI=1S/C8H15NO2/c1-2-10-5-7(1)6-11-8-3-9-4-8/h7-9H,1-6H2/t7-/m0/s1. The van der Waals surface area contributed by atoms with Gasteiger partial charge in [0.1, 0.15) is 0 Å². The highest BCUT2D eigenvalue weighted by molar-refractivity contribution is 4.75. The summed E-state index contributed by atoms with van der Waals surface area (Å²) in [7, 11) is 0. The molecule has 2 aliphatic heterocycles. The zero-order chi connectivity index (χ0) is 7.52. The van der Waals surface area contributed by atoms with Crippen molar-refractivity contribution in [2.45, 2.75) is 12.5 Å². The molecule has 1 N–H and O–H groups in total. The molecule has 3 nitrogen and oxygen atoms in total. The van der Waals surface area contributed by atoms with Crippen LogP contribution in [0.15, 0.2) is 0 Å². The fourth-order valence-electron chi connectivity index (χ4n) is 1.37. The van der Waals surface area contributed by atoms with Crippen molar-refractivity contribution in [1.29, 1.82) is 0 Å². The van der Waals surface area contributed by atoms with Crippen LogP contribution >= 0.6 is 0 Å². The second-order valence-electron chi connectivity index (χ2n) is 3.34. The van der Waals surface area contributed by atoms with Crippen LogP contribution in [0.5, 0.6) is 0 Å². The molecule has 1 atom stereocenters. The molecule has 2 rings (SSSR count). The third-order valence-electron chi connectivity index (χ3n) is 2.34. The fraction of sp³-hybridized carbons (Fsp3) is 1.00. The average molecular weight is 157 g/mol. The first-order valence-electron chi connectivity index (χ1n) is 4.35. The molecule has 0 amide bonds. The molecular weight excluding hydrogens is 142 g/mol. The maximum absolute atomic E-state index is 5.62. The van der Waals surface area contributed by atoms with Gasteiger partial charge in [0, 0.05) is 25.6 Å². The van der Waals surface area contributed by atoms with Crippen molar-refractivity contribution in [3.8, 4) is 0 Å². The molecule has 2 fully saturated rings. The zero-order valence-corrected chi connectivity index (χ0v) is 6.71. The molecule has 0 aromatic rings. The molecule has 11 heavy (non-hydrogen) atoms. The molecule has 0 saturated carbocycles. The lowest BCUT2D eigenvalue weighted by Crippen LogP contribution is -2.49. The fourth-order valence-corrected chi connectivity index (χ4v) is 1.37. The van der Waals surface area contributed by atoms with E-state index in [1.165, 1.54) is 6.42 Å². The Morgan fingerprint density at radius 3 is 2.91 bits per heavy atom. The summed E-state index contributed by atoms with van der Waals surface area (Å²) in [6.45, 7) is 4.80. The van der Waals surface area contributed by atoms with Crippen molar-refractivity contribution in [3.63, 3.8) is 0 Å². The van der Waals surface area contributed by atoms with E-state index in [2.05, 4.69) is 5.32 Å². The predicted molar refractivity (Wildman–Crippen MR) is 41.5 cm³/mol. The van der Waals surface area contributed by atoms with Gasteiger partial charge in [-0.25, -0.2) is 0 Å². The van der Waals surface area contributed by atoms with Crippen molar-refractivity contribution in [2.24, 2.45) is 5.92 Å². The summed E-state index contributed by atoms with van der Waals surface area (Å²) in [6, 6.07) is 0. The number of nitrogens with one attached hydrogen (secondary N) is 1. The molecule has 0 spiro atoms. The van der Waals surface area contributed by atoms with Gasteiger partial charge < -0.3 is 14.8 Å². The molecule has 2 aliphatic rings. The van der Waals surface area contributed by atoms with Crippen LogP contribution < -0.4 is 5.32 Å². The topological polar surface area (TPSA) is 30.5 Å². The van der Waals surface area contributed by atoms with E-state index in [0.29, 0.717) is 12.0 Å². The minimum Gasteiger partial charge on any atom is -0.381 e. The molecule has 0 aromatic heterocycles. The van der Waals surface area contributed by atoms with Crippen LogP contribution in [0.3, 0.4) is 0 Å². The lowest BCUT2D eigenvalue weighted by Gasteiger charge is -2.28. The Morgan fingerprint density at radius 1 is 1.45 bits per heavy atom. The van der Waals surface area contributed by atoms with Gasteiger partial charge >= 0.3 is 0 Å². The van der Waals surface area contributed by atoms with E-state index in [9.17, 15) is 0 Å². The maximum Gasteiger partial charge on any atom is 0.0823 e. The van der Waals surface area contributed by atoms with Crippen LogP contribution in [0.2, 0.25) is 0 Å². The van der Waals surface area contributed by atoms with Crippen LogP contribution in [-0.2, 0) is 9.47 Å². The highest BCUT2D eigenvalue weighted by Gasteiger charge is 2.21. The van der Waals surface area contributed by atoms with Gasteiger partial charge in [-0.15, -0.1) is 0 Å². The summed E-state index contributed by atoms with van der Waals surface area (Å²) in [5.41, 5.74) is 0. The third-order valence-corrected chi connectivity index (χ3v) is 2.34. The quantitative estimate of drug-likeness (QED) is 0.626. The van der Waals surface area contributed by atoms with E-state index < -0.39 is 0 Å². The largest absolute Gasteiger partial charge is 0.381 e. The summed E-state index contributed by atoms with van der Waals surface area (Å²) < 4.78 is 10.9. The normalized spacial score (nSPS) is 32.2. The Bertz CT molecular complexity index is 119. The molecule has 2 saturated heterocycles. The van der Waals surface area contributed by atoms with E-state index in [1.807, 2.05) is 0 Å². The molecule has 0 bridgehead atoms. The number of hydrogen-bond acceptors (Lipinski definition) is 3. The first-order chi connectivity index (χ1) is 5.45. The molecule has 64 valence electrons. The maximum atomic E-state index is 5.62. The van der Waals surface area contributed by atoms with Crippen molar-refractivity contribution in [3.05, 3.63) is 0 Å². The number of ether oxygens (including phenoxy) is 2. The summed E-state index contributed by atoms with van der Waals surface area (Å²) in [5.74, 6) is 0.663. The molecule has 0 radical (unpaired) electrons. The molecule has 0 unspecified atom stereocenters. The van der Waals surface area contributed by atoms with E-state index in [4.69, 9.17) is 9.47 Å². The van der Waals surface area contributed by atoms with Crippen LogP contribution in [0.1, 0.15) is 6.42 Å². The van der Waals surface area contributed by atoms with E-state index in [1.54, 1.807) is 0 Å². The Hall–Kier alpha value is -0.120. The lowest BCUT2D eigenvalue weighted by atomic mass is 10.1. The summed E-state index contributed by atoms with van der Waals surface area (Å²) >= 11 is 0. The van der Waals surface area contributed by atoms with Crippen LogP contribution in [0, 0.1) is 5.92 Å². The van der Waals surface area contributed by atoms with E-state index in [0.717, 1.165) is 32.9 Å². The van der Waals surface area contributed by atoms with Gasteiger partial charge in [-0.2, -0.15) is 0 Å². The molecule has 3 heteroatoms. The minimum absolute atomic E-state index is 0.482. The van der Waals surface area contributed by atoms with Crippen molar-refractivity contribution < 1.29 is 9.47 Å². The van der Waals surface area contributed by atoms with Gasteiger partial charge in [0.25, 0.3) is 0 Å².